The topological polar surface area (TPSA) is 93.1 Å². The number of hydrogen-bond acceptors (Lipinski definition) is 4. The smallest absolute Gasteiger partial charge is 0.333 e. The first kappa shape index (κ1) is 25.8. The second kappa shape index (κ2) is 11.1. The van der Waals surface area contributed by atoms with Crippen LogP contribution in [0.4, 0.5) is 4.39 Å². The Morgan fingerprint density at radius 1 is 0.941 bits per heavy atom. The molecule has 0 bridgehead atoms. The van der Waals surface area contributed by atoms with Crippen molar-refractivity contribution in [3.8, 4) is 5.75 Å². The van der Waals surface area contributed by atoms with Gasteiger partial charge in [0.25, 0.3) is 0 Å². The standard InChI is InChI=1S/C26H28FO6P/c1-17-10-21(25(28)15-34(29,30)31)11-18(2)24(17)14-20-6-9-26(33-16-32-3)22(13-20)12-19-4-7-23(27)8-5-19/h4-11,13H,12,14-16H2,1-3H3,(H2,29,30,31). The maximum Gasteiger partial charge on any atom is 0.333 e. The van der Waals surface area contributed by atoms with E-state index in [1.807, 2.05) is 32.0 Å². The van der Waals surface area contributed by atoms with Gasteiger partial charge >= 0.3 is 7.60 Å². The lowest BCUT2D eigenvalue weighted by Gasteiger charge is -2.16. The predicted octanol–water partition coefficient (Wildman–Crippen LogP) is 4.97. The largest absolute Gasteiger partial charge is 0.467 e. The number of benzene rings is 3. The predicted molar refractivity (Wildman–Crippen MR) is 128 cm³/mol. The van der Waals surface area contributed by atoms with E-state index in [0.29, 0.717) is 24.2 Å². The summed E-state index contributed by atoms with van der Waals surface area (Å²) < 4.78 is 35.3. The lowest BCUT2D eigenvalue weighted by Crippen LogP contribution is -2.08. The van der Waals surface area contributed by atoms with Crippen LogP contribution in [0.3, 0.4) is 0 Å². The zero-order valence-corrected chi connectivity index (χ0v) is 20.3. The third kappa shape index (κ3) is 7.08. The minimum atomic E-state index is -4.43. The molecule has 0 spiro atoms. The van der Waals surface area contributed by atoms with Crippen LogP contribution in [0.2, 0.25) is 0 Å². The second-order valence-electron chi connectivity index (χ2n) is 8.31. The van der Waals surface area contributed by atoms with Gasteiger partial charge in [0.15, 0.2) is 12.6 Å². The number of methoxy groups -OCH3 is 1. The van der Waals surface area contributed by atoms with Crippen LogP contribution < -0.4 is 4.74 Å². The first-order valence-electron chi connectivity index (χ1n) is 10.7. The molecule has 0 aromatic heterocycles. The Labute approximate surface area is 198 Å². The molecule has 2 N–H and O–H groups in total. The molecule has 180 valence electrons. The van der Waals surface area contributed by atoms with Crippen LogP contribution in [0.15, 0.2) is 54.6 Å². The highest BCUT2D eigenvalue weighted by atomic mass is 31.2. The number of carbonyl (C=O) groups excluding carboxylic acids is 1. The van der Waals surface area contributed by atoms with Crippen molar-refractivity contribution in [3.05, 3.63) is 99.4 Å². The van der Waals surface area contributed by atoms with Gasteiger partial charge in [0, 0.05) is 19.1 Å². The van der Waals surface area contributed by atoms with Gasteiger partial charge in [0.2, 0.25) is 0 Å². The molecular formula is C26H28FO6P. The summed E-state index contributed by atoms with van der Waals surface area (Å²) in [5.41, 5.74) is 5.98. The number of rotatable bonds is 10. The lowest BCUT2D eigenvalue weighted by atomic mass is 9.92. The molecule has 0 atom stereocenters. The molecule has 8 heteroatoms. The first-order valence-corrected chi connectivity index (χ1v) is 12.5. The fourth-order valence-electron chi connectivity index (χ4n) is 3.88. The number of aryl methyl sites for hydroxylation is 2. The van der Waals surface area contributed by atoms with Gasteiger partial charge in [-0.1, -0.05) is 24.3 Å². The van der Waals surface area contributed by atoms with Crippen molar-refractivity contribution in [1.29, 1.82) is 0 Å². The Kier molecular flexibility index (Phi) is 8.39. The molecule has 0 saturated heterocycles. The third-order valence-corrected chi connectivity index (χ3v) is 6.21. The van der Waals surface area contributed by atoms with E-state index < -0.39 is 19.5 Å². The average Bonchev–Trinajstić information content (AvgIpc) is 2.76. The molecular weight excluding hydrogens is 458 g/mol. The van der Waals surface area contributed by atoms with Crippen LogP contribution >= 0.6 is 7.60 Å². The summed E-state index contributed by atoms with van der Waals surface area (Å²) >= 11 is 0. The fraction of sp³-hybridized carbons (Fsp3) is 0.269. The molecule has 0 heterocycles. The maximum absolute atomic E-state index is 13.3. The van der Waals surface area contributed by atoms with E-state index >= 15 is 0 Å². The molecule has 0 aliphatic rings. The van der Waals surface area contributed by atoms with E-state index in [1.165, 1.54) is 12.1 Å². The Bertz CT molecular complexity index is 1190. The first-order chi connectivity index (χ1) is 16.1. The van der Waals surface area contributed by atoms with E-state index in [2.05, 4.69) is 0 Å². The molecule has 0 saturated carbocycles. The lowest BCUT2D eigenvalue weighted by molar-refractivity contribution is 0.0505. The zero-order valence-electron chi connectivity index (χ0n) is 19.4. The van der Waals surface area contributed by atoms with Gasteiger partial charge < -0.3 is 19.3 Å². The average molecular weight is 486 g/mol. The molecule has 3 aromatic rings. The van der Waals surface area contributed by atoms with Crippen molar-refractivity contribution in [3.63, 3.8) is 0 Å². The Morgan fingerprint density at radius 3 is 2.15 bits per heavy atom. The van der Waals surface area contributed by atoms with Crippen LogP contribution in [0.1, 0.15) is 43.7 Å². The van der Waals surface area contributed by atoms with Gasteiger partial charge in [-0.2, -0.15) is 0 Å². The number of hydrogen-bond donors (Lipinski definition) is 2. The van der Waals surface area contributed by atoms with Gasteiger partial charge in [0.1, 0.15) is 17.7 Å². The van der Waals surface area contributed by atoms with Crippen LogP contribution in [-0.2, 0) is 22.1 Å². The number of carbonyl (C=O) groups is 1. The maximum atomic E-state index is 13.3. The minimum Gasteiger partial charge on any atom is -0.467 e. The van der Waals surface area contributed by atoms with Crippen molar-refractivity contribution < 1.29 is 33.0 Å². The summed E-state index contributed by atoms with van der Waals surface area (Å²) in [7, 11) is -2.88. The molecule has 3 rings (SSSR count). The summed E-state index contributed by atoms with van der Waals surface area (Å²) in [6.45, 7) is 3.87. The van der Waals surface area contributed by atoms with Crippen molar-refractivity contribution in [2.75, 3.05) is 20.1 Å². The number of Topliss-reactive ketones (excluding diaryl/α,β-unsaturated/α-hetero) is 1. The second-order valence-corrected chi connectivity index (χ2v) is 9.95. The molecule has 34 heavy (non-hydrogen) atoms. The molecule has 3 aromatic carbocycles. The van der Waals surface area contributed by atoms with E-state index in [4.69, 9.17) is 19.3 Å². The molecule has 0 unspecified atom stereocenters. The van der Waals surface area contributed by atoms with Crippen molar-refractivity contribution in [1.82, 2.24) is 0 Å². The number of ketones is 1. The normalized spacial score (nSPS) is 11.5. The van der Waals surface area contributed by atoms with E-state index in [0.717, 1.165) is 33.4 Å². The Hall–Kier alpha value is -2.83. The summed E-state index contributed by atoms with van der Waals surface area (Å²) in [4.78, 5) is 30.5. The molecule has 0 amide bonds. The van der Waals surface area contributed by atoms with Crippen LogP contribution in [0, 0.1) is 19.7 Å². The summed E-state index contributed by atoms with van der Waals surface area (Å²) in [5, 5.41) is 0. The van der Waals surface area contributed by atoms with E-state index in [1.54, 1.807) is 31.4 Å². The summed E-state index contributed by atoms with van der Waals surface area (Å²) in [6, 6.07) is 15.6. The van der Waals surface area contributed by atoms with Gasteiger partial charge in [-0.05, 0) is 84.0 Å². The van der Waals surface area contributed by atoms with Gasteiger partial charge in [-0.3, -0.25) is 9.36 Å². The van der Waals surface area contributed by atoms with Gasteiger partial charge in [0.05, 0.1) is 0 Å². The fourth-order valence-corrected chi connectivity index (χ4v) is 4.44. The number of ether oxygens (including phenoxy) is 2. The molecule has 0 fully saturated rings. The molecule has 6 nitrogen and oxygen atoms in total. The third-order valence-electron chi connectivity index (χ3n) is 5.51. The SMILES string of the molecule is COCOc1ccc(Cc2c(C)cc(C(=O)CP(=O)(O)O)cc2C)cc1Cc1ccc(F)cc1. The highest BCUT2D eigenvalue weighted by Gasteiger charge is 2.21. The molecule has 0 aliphatic carbocycles. The summed E-state index contributed by atoms with van der Waals surface area (Å²) in [5.74, 6) is -0.184. The van der Waals surface area contributed by atoms with Crippen LogP contribution in [0.5, 0.6) is 5.75 Å². The Balaban J connectivity index is 1.89. The molecule has 0 radical (unpaired) electrons. The van der Waals surface area contributed by atoms with Gasteiger partial charge in [-0.25, -0.2) is 4.39 Å². The zero-order chi connectivity index (χ0) is 24.9. The van der Waals surface area contributed by atoms with E-state index in [9.17, 15) is 13.8 Å². The number of halogens is 1. The van der Waals surface area contributed by atoms with Crippen molar-refractivity contribution in [2.24, 2.45) is 0 Å². The van der Waals surface area contributed by atoms with Crippen molar-refractivity contribution in [2.45, 2.75) is 26.7 Å². The monoisotopic (exact) mass is 486 g/mol. The highest BCUT2D eigenvalue weighted by Crippen LogP contribution is 2.35. The molecule has 0 aliphatic heterocycles. The van der Waals surface area contributed by atoms with E-state index in [-0.39, 0.29) is 12.6 Å². The Morgan fingerprint density at radius 2 is 1.56 bits per heavy atom. The highest BCUT2D eigenvalue weighted by molar-refractivity contribution is 7.52. The summed E-state index contributed by atoms with van der Waals surface area (Å²) in [6.07, 6.45) is 0.355. The minimum absolute atomic E-state index is 0.109. The van der Waals surface area contributed by atoms with Gasteiger partial charge in [-0.15, -0.1) is 0 Å². The van der Waals surface area contributed by atoms with Crippen LogP contribution in [0.25, 0.3) is 0 Å². The van der Waals surface area contributed by atoms with Crippen molar-refractivity contribution >= 4 is 13.4 Å². The van der Waals surface area contributed by atoms with Crippen LogP contribution in [-0.4, -0.2) is 35.6 Å². The quantitative estimate of drug-likeness (QED) is 0.239.